The quantitative estimate of drug-likeness (QED) is 0.164. The molecule has 108 heavy (non-hydrogen) atoms. The molecule has 11 atom stereocenters. The minimum atomic E-state index is -5.20. The van der Waals surface area contributed by atoms with Crippen LogP contribution in [0.2, 0.25) is 0 Å². The first kappa shape index (κ1) is 86.6. The number of carbonyl (C=O) groups excluding carboxylic acids is 12. The first-order valence-electron chi connectivity index (χ1n) is 39.3. The molecule has 4 aliphatic carbocycles. The molecule has 8 rings (SSSR count). The molecule has 4 aliphatic heterocycles. The van der Waals surface area contributed by atoms with Crippen LogP contribution in [0.3, 0.4) is 0 Å². The van der Waals surface area contributed by atoms with Crippen molar-refractivity contribution in [2.24, 2.45) is 41.4 Å². The predicted molar refractivity (Wildman–Crippen MR) is 379 cm³/mol. The van der Waals surface area contributed by atoms with Crippen LogP contribution in [0.1, 0.15) is 195 Å². The van der Waals surface area contributed by atoms with E-state index in [1.54, 1.807) is 13.8 Å². The van der Waals surface area contributed by atoms with Gasteiger partial charge in [-0.2, -0.15) is 26.3 Å². The van der Waals surface area contributed by atoms with E-state index < -0.39 is 224 Å². The highest BCUT2D eigenvalue weighted by Crippen LogP contribution is 2.46. The number of nitrogens with one attached hydrogen (secondary N) is 4. The van der Waals surface area contributed by atoms with Crippen molar-refractivity contribution in [3.63, 3.8) is 0 Å². The van der Waals surface area contributed by atoms with E-state index >= 15 is 37.5 Å². The number of amides is 12. The van der Waals surface area contributed by atoms with Crippen molar-refractivity contribution in [2.45, 2.75) is 273 Å². The molecular formula is C75H116F8N12O13. The second kappa shape index (κ2) is 37.8. The van der Waals surface area contributed by atoms with Crippen molar-refractivity contribution in [2.75, 3.05) is 87.7 Å². The summed E-state index contributed by atoms with van der Waals surface area (Å²) in [5, 5.41) is 11.4. The normalized spacial score (nSPS) is 32.0. The highest BCUT2D eigenvalue weighted by atomic mass is 19.4. The fraction of sp³-hybridized carbons (Fsp3) is 0.840. The molecule has 4 heterocycles. The van der Waals surface area contributed by atoms with Crippen LogP contribution >= 0.6 is 0 Å². The Morgan fingerprint density at radius 3 is 1.77 bits per heavy atom. The van der Waals surface area contributed by atoms with E-state index in [2.05, 4.69) is 21.3 Å². The average Bonchev–Trinajstić information content (AvgIpc) is 1.52. The number of ether oxygens (including phenoxy) is 1. The molecule has 12 amide bonds. The Bertz CT molecular complexity index is 3170. The van der Waals surface area contributed by atoms with Gasteiger partial charge >= 0.3 is 12.4 Å². The van der Waals surface area contributed by atoms with E-state index in [1.165, 1.54) is 59.7 Å². The first-order valence-corrected chi connectivity index (χ1v) is 39.3. The molecule has 0 aromatic carbocycles. The van der Waals surface area contributed by atoms with Gasteiger partial charge in [0.25, 0.3) is 0 Å². The molecule has 33 heteroatoms. The van der Waals surface area contributed by atoms with E-state index in [0.29, 0.717) is 64.2 Å². The summed E-state index contributed by atoms with van der Waals surface area (Å²) in [4.78, 5) is 191. The van der Waals surface area contributed by atoms with Gasteiger partial charge in [-0.25, -0.2) is 8.78 Å². The standard InChI is InChI=1S/C75H116F8N12O13/c1-10-45(4)62-71(106)89(6)43-60(98)90(7)55-21-12-11-17-31-95(70(55)105)57(40-46-23-26-49(27-24-46)74(78,79)80)69(104)88(5)42-58(96)84-52(28-25-47-38-50(76)61(51(77)39-47)75(81,82)83)68(103)94-32-18-22-54(94)65(100)87-73(29-15-16-30-73)72(107)92(9)63(48-19-13-14-20-48)66(101)85-53(67(102)93-33-35-108-36-34-93)41-59(97)91(8)56(37-44(2)3)64(99)86-62/h44-57,61-63H,10-43H2,1-9H3,(H,84,96)(H,85,101)(H,86,99)(H,87,100)/t45-,46?,47?,49?,50?,51?,52-,53-,54-,55-,56-,57-,61?,62-,63-/m0/s1. The molecule has 0 aromatic heterocycles. The number of morpholine rings is 1. The molecule has 4 N–H and O–H groups in total. The minimum absolute atomic E-state index is 0.0173. The zero-order valence-electron chi connectivity index (χ0n) is 64.3. The molecule has 0 aromatic rings. The van der Waals surface area contributed by atoms with Crippen molar-refractivity contribution in [3.05, 3.63) is 0 Å². The Hall–Kier alpha value is -6.96. The van der Waals surface area contributed by atoms with Gasteiger partial charge in [0.15, 0.2) is 0 Å². The van der Waals surface area contributed by atoms with Gasteiger partial charge in [-0.1, -0.05) is 72.6 Å². The molecule has 610 valence electrons. The molecule has 2 unspecified atom stereocenters. The predicted octanol–water partition coefficient (Wildman–Crippen LogP) is 6.38. The Balaban J connectivity index is 1.18. The fourth-order valence-electron chi connectivity index (χ4n) is 17.9. The van der Waals surface area contributed by atoms with Crippen molar-refractivity contribution >= 4 is 70.9 Å². The summed E-state index contributed by atoms with van der Waals surface area (Å²) in [7, 11) is 6.75. The SMILES string of the molecule is CC[C@H](C)[C@@H]1NC(=O)[C@H](CC(C)C)N(C)C(=O)C[C@@H](C(=O)N2CCOCC2)NC(=O)[C@H](C2CCCC2)N(C)C(=O)C2(CCCC2)NC(=O)[C@@H]2CCCN2C(=O)[C@H](CCC2CC(F)C(C(F)(F)F)C(F)C2)NC(=O)CN(C)C(=O)[C@H](CC2CCC(C(F)(F)F)CC2)N2CCCCC[C@@H](C2=O)N(C)C(=O)CN(C)C1=O. The number of rotatable bonds is 11. The third kappa shape index (κ3) is 21.4. The third-order valence-electron chi connectivity index (χ3n) is 24.5. The molecule has 4 saturated heterocycles. The average molecular weight is 1550 g/mol. The van der Waals surface area contributed by atoms with E-state index in [1.807, 2.05) is 13.8 Å². The molecule has 2 bridgehead atoms. The van der Waals surface area contributed by atoms with Crippen LogP contribution in [0.15, 0.2) is 0 Å². The van der Waals surface area contributed by atoms with Crippen molar-refractivity contribution in [1.82, 2.24) is 60.5 Å². The van der Waals surface area contributed by atoms with Gasteiger partial charge in [0, 0.05) is 61.4 Å². The zero-order valence-corrected chi connectivity index (χ0v) is 64.3. The van der Waals surface area contributed by atoms with Gasteiger partial charge in [0.05, 0.1) is 38.6 Å². The van der Waals surface area contributed by atoms with Crippen LogP contribution in [0.4, 0.5) is 35.1 Å². The summed E-state index contributed by atoms with van der Waals surface area (Å²) in [6, 6.07) is -11.1. The van der Waals surface area contributed by atoms with Crippen LogP contribution in [0.5, 0.6) is 0 Å². The van der Waals surface area contributed by atoms with E-state index in [-0.39, 0.29) is 122 Å². The van der Waals surface area contributed by atoms with Crippen molar-refractivity contribution < 1.29 is 97.4 Å². The molecule has 8 fully saturated rings. The van der Waals surface area contributed by atoms with Crippen LogP contribution in [0, 0.1) is 41.4 Å². The Morgan fingerprint density at radius 1 is 0.565 bits per heavy atom. The highest BCUT2D eigenvalue weighted by Gasteiger charge is 2.55. The molecule has 25 nitrogen and oxygen atoms in total. The molecule has 4 saturated carbocycles. The maximum absolute atomic E-state index is 15.6. The molecular weight excluding hydrogens is 1430 g/mol. The first-order chi connectivity index (χ1) is 50.9. The number of fused-ring (bicyclic) bond motifs is 3. The number of nitrogens with zero attached hydrogens (tertiary/aromatic N) is 8. The largest absolute Gasteiger partial charge is 0.397 e. The summed E-state index contributed by atoms with van der Waals surface area (Å²) in [6.07, 6.45) is -13.2. The summed E-state index contributed by atoms with van der Waals surface area (Å²) >= 11 is 0. The van der Waals surface area contributed by atoms with E-state index in [4.69, 9.17) is 4.74 Å². The van der Waals surface area contributed by atoms with Gasteiger partial charge < -0.3 is 65.2 Å². The van der Waals surface area contributed by atoms with Crippen LogP contribution in [-0.4, -0.2) is 276 Å². The number of carbonyl (C=O) groups is 12. The number of alkyl halides is 8. The lowest BCUT2D eigenvalue weighted by atomic mass is 9.76. The number of likely N-dealkylation sites (N-methyl/N-ethyl adjacent to an activating group) is 5. The van der Waals surface area contributed by atoms with E-state index in [0.717, 1.165) is 14.7 Å². The van der Waals surface area contributed by atoms with E-state index in [9.17, 15) is 55.1 Å². The monoisotopic (exact) mass is 1540 g/mol. The molecule has 8 aliphatic rings. The lowest BCUT2D eigenvalue weighted by Crippen LogP contribution is -2.65. The summed E-state index contributed by atoms with van der Waals surface area (Å²) in [6.45, 7) is 6.04. The molecule has 1 spiro atoms. The fourth-order valence-corrected chi connectivity index (χ4v) is 17.9. The number of hydrogen-bond acceptors (Lipinski definition) is 13. The minimum Gasteiger partial charge on any atom is -0.378 e. The summed E-state index contributed by atoms with van der Waals surface area (Å²) in [5.41, 5.74) is -1.67. The Kier molecular flexibility index (Phi) is 30.4. The number of halogens is 8. The number of hydrogen-bond donors (Lipinski definition) is 4. The van der Waals surface area contributed by atoms with Crippen molar-refractivity contribution in [3.8, 4) is 0 Å². The zero-order chi connectivity index (χ0) is 79.4. The Labute approximate surface area is 628 Å². The van der Waals surface area contributed by atoms with Gasteiger partial charge in [0.1, 0.15) is 72.1 Å². The van der Waals surface area contributed by atoms with Crippen LogP contribution in [-0.2, 0) is 62.3 Å². The lowest BCUT2D eigenvalue weighted by molar-refractivity contribution is -0.219. The lowest BCUT2D eigenvalue weighted by Gasteiger charge is -2.41. The summed E-state index contributed by atoms with van der Waals surface area (Å²) < 4.78 is 121. The maximum Gasteiger partial charge on any atom is 0.397 e. The van der Waals surface area contributed by atoms with Gasteiger partial charge in [-0.15, -0.1) is 0 Å². The van der Waals surface area contributed by atoms with Gasteiger partial charge in [0.2, 0.25) is 70.9 Å². The molecule has 0 radical (unpaired) electrons. The highest BCUT2D eigenvalue weighted by molar-refractivity contribution is 6.01. The summed E-state index contributed by atoms with van der Waals surface area (Å²) in [5.74, 6) is -16.6. The van der Waals surface area contributed by atoms with Gasteiger partial charge in [-0.05, 0) is 145 Å². The van der Waals surface area contributed by atoms with Crippen molar-refractivity contribution in [1.29, 1.82) is 0 Å². The second-order valence-electron chi connectivity index (χ2n) is 32.5. The van der Waals surface area contributed by atoms with Crippen LogP contribution in [0.25, 0.3) is 0 Å². The maximum atomic E-state index is 15.6. The Morgan fingerprint density at radius 2 is 1.17 bits per heavy atom. The van der Waals surface area contributed by atoms with Gasteiger partial charge in [-0.3, -0.25) is 57.5 Å². The van der Waals surface area contributed by atoms with Crippen LogP contribution < -0.4 is 21.3 Å². The topological polar surface area (TPSA) is 288 Å². The second-order valence-corrected chi connectivity index (χ2v) is 32.5. The third-order valence-corrected chi connectivity index (χ3v) is 24.5. The smallest absolute Gasteiger partial charge is 0.378 e.